The smallest absolute Gasteiger partial charge is 0.243 e. The van der Waals surface area contributed by atoms with Gasteiger partial charge in [0.2, 0.25) is 21.7 Å². The fraction of sp³-hybridized carbons (Fsp3) is 0.417. The van der Waals surface area contributed by atoms with E-state index < -0.39 is 10.0 Å². The number of hydrogen-bond donors (Lipinski definition) is 0. The predicted molar refractivity (Wildman–Crippen MR) is 120 cm³/mol. The third-order valence-electron chi connectivity index (χ3n) is 5.84. The molecule has 0 bridgehead atoms. The Hall–Kier alpha value is -2.51. The zero-order valence-corrected chi connectivity index (χ0v) is 19.3. The third kappa shape index (κ3) is 4.57. The quantitative estimate of drug-likeness (QED) is 0.577. The van der Waals surface area contributed by atoms with Crippen molar-refractivity contribution in [2.24, 2.45) is 0 Å². The highest BCUT2D eigenvalue weighted by Gasteiger charge is 2.33. The summed E-state index contributed by atoms with van der Waals surface area (Å²) in [4.78, 5) is 4.89. The van der Waals surface area contributed by atoms with Crippen LogP contribution in [0.3, 0.4) is 0 Å². The van der Waals surface area contributed by atoms with Gasteiger partial charge in [0.25, 0.3) is 0 Å². The van der Waals surface area contributed by atoms with Crippen molar-refractivity contribution in [1.29, 1.82) is 0 Å². The van der Waals surface area contributed by atoms with Crippen LogP contribution in [0.25, 0.3) is 11.4 Å². The molecule has 0 radical (unpaired) electrons. The van der Waals surface area contributed by atoms with Crippen LogP contribution in [0.15, 0.2) is 57.9 Å². The first-order valence-electron chi connectivity index (χ1n) is 10.7. The molecule has 1 fully saturated rings. The predicted octanol–water partition coefficient (Wildman–Crippen LogP) is 4.91. The Morgan fingerprint density at radius 2 is 1.71 bits per heavy atom. The SMILES string of the molecule is Cc1ccc(-c2noc(C3CCCN(S(=O)(=O)c4ccc(C(C)(C)C)cc4)C3)n2)cc1. The summed E-state index contributed by atoms with van der Waals surface area (Å²) in [5, 5.41) is 4.12. The Kier molecular flexibility index (Phi) is 5.75. The largest absolute Gasteiger partial charge is 0.339 e. The second-order valence-electron chi connectivity index (χ2n) is 9.30. The molecule has 0 amide bonds. The summed E-state index contributed by atoms with van der Waals surface area (Å²) in [6.07, 6.45) is 1.58. The molecular weight excluding hydrogens is 410 g/mol. The summed E-state index contributed by atoms with van der Waals surface area (Å²) < 4.78 is 33.6. The van der Waals surface area contributed by atoms with Crippen LogP contribution in [0, 0.1) is 6.92 Å². The highest BCUT2D eigenvalue weighted by atomic mass is 32.2. The molecule has 164 valence electrons. The minimum Gasteiger partial charge on any atom is -0.339 e. The molecule has 0 saturated carbocycles. The summed E-state index contributed by atoms with van der Waals surface area (Å²) in [6, 6.07) is 15.2. The van der Waals surface area contributed by atoms with Crippen LogP contribution >= 0.6 is 0 Å². The van der Waals surface area contributed by atoms with Crippen molar-refractivity contribution >= 4 is 10.0 Å². The van der Waals surface area contributed by atoms with Crippen molar-refractivity contribution in [2.45, 2.75) is 56.8 Å². The Morgan fingerprint density at radius 1 is 1.03 bits per heavy atom. The summed E-state index contributed by atoms with van der Waals surface area (Å²) in [6.45, 7) is 9.21. The zero-order valence-electron chi connectivity index (χ0n) is 18.5. The van der Waals surface area contributed by atoms with E-state index in [-0.39, 0.29) is 11.3 Å². The van der Waals surface area contributed by atoms with Gasteiger partial charge in [0.05, 0.1) is 10.8 Å². The van der Waals surface area contributed by atoms with E-state index in [1.807, 2.05) is 43.3 Å². The number of rotatable bonds is 4. The van der Waals surface area contributed by atoms with Gasteiger partial charge in [-0.3, -0.25) is 0 Å². The third-order valence-corrected chi connectivity index (χ3v) is 7.72. The van der Waals surface area contributed by atoms with Crippen LogP contribution < -0.4 is 0 Å². The molecule has 2 heterocycles. The summed E-state index contributed by atoms with van der Waals surface area (Å²) in [7, 11) is -3.57. The van der Waals surface area contributed by atoms with Crippen molar-refractivity contribution in [3.05, 3.63) is 65.5 Å². The molecule has 6 nitrogen and oxygen atoms in total. The number of aromatic nitrogens is 2. The van der Waals surface area contributed by atoms with E-state index in [4.69, 9.17) is 4.52 Å². The molecule has 4 rings (SSSR count). The van der Waals surface area contributed by atoms with Crippen LogP contribution in [0.4, 0.5) is 0 Å². The van der Waals surface area contributed by atoms with E-state index in [9.17, 15) is 8.42 Å². The summed E-state index contributed by atoms with van der Waals surface area (Å²) in [5.74, 6) is 0.926. The maximum absolute atomic E-state index is 13.2. The van der Waals surface area contributed by atoms with Crippen molar-refractivity contribution in [1.82, 2.24) is 14.4 Å². The normalized spacial score (nSPS) is 18.3. The number of aryl methyl sites for hydroxylation is 1. The lowest BCUT2D eigenvalue weighted by molar-refractivity contribution is 0.265. The molecule has 0 aliphatic carbocycles. The average Bonchev–Trinajstić information content (AvgIpc) is 3.24. The number of piperidine rings is 1. The first kappa shape index (κ1) is 21.7. The Labute approximate surface area is 184 Å². The molecule has 0 spiro atoms. The lowest BCUT2D eigenvalue weighted by Gasteiger charge is -2.30. The Morgan fingerprint density at radius 3 is 2.35 bits per heavy atom. The summed E-state index contributed by atoms with van der Waals surface area (Å²) in [5.41, 5.74) is 3.14. The summed E-state index contributed by atoms with van der Waals surface area (Å²) >= 11 is 0. The van der Waals surface area contributed by atoms with Gasteiger partial charge < -0.3 is 4.52 Å². The van der Waals surface area contributed by atoms with Crippen molar-refractivity contribution in [3.63, 3.8) is 0 Å². The average molecular weight is 440 g/mol. The van der Waals surface area contributed by atoms with E-state index in [1.165, 1.54) is 0 Å². The lowest BCUT2D eigenvalue weighted by Crippen LogP contribution is -2.39. The van der Waals surface area contributed by atoms with E-state index in [0.717, 1.165) is 29.5 Å². The first-order valence-corrected chi connectivity index (χ1v) is 12.1. The molecule has 1 aromatic heterocycles. The van der Waals surface area contributed by atoms with Gasteiger partial charge in [-0.15, -0.1) is 0 Å². The first-order chi connectivity index (χ1) is 14.6. The second-order valence-corrected chi connectivity index (χ2v) is 11.2. The van der Waals surface area contributed by atoms with Gasteiger partial charge in [-0.1, -0.05) is 67.9 Å². The highest BCUT2D eigenvalue weighted by Crippen LogP contribution is 2.31. The molecule has 0 N–H and O–H groups in total. The topological polar surface area (TPSA) is 76.3 Å². The molecule has 1 saturated heterocycles. The van der Waals surface area contributed by atoms with Gasteiger partial charge in [-0.05, 0) is 42.9 Å². The van der Waals surface area contributed by atoms with Gasteiger partial charge in [0.15, 0.2) is 0 Å². The van der Waals surface area contributed by atoms with Crippen LogP contribution in [-0.4, -0.2) is 36.0 Å². The van der Waals surface area contributed by atoms with Gasteiger partial charge in [0, 0.05) is 18.7 Å². The van der Waals surface area contributed by atoms with Crippen LogP contribution in [-0.2, 0) is 15.4 Å². The van der Waals surface area contributed by atoms with E-state index in [1.54, 1.807) is 16.4 Å². The zero-order chi connectivity index (χ0) is 22.2. The van der Waals surface area contributed by atoms with Crippen LogP contribution in [0.1, 0.15) is 56.5 Å². The standard InChI is InChI=1S/C24H29N3O3S/c1-17-7-9-18(10-8-17)22-25-23(30-26-22)19-6-5-15-27(16-19)31(28,29)21-13-11-20(12-14-21)24(2,3)4/h7-14,19H,5-6,15-16H2,1-4H3. The fourth-order valence-electron chi connectivity index (χ4n) is 3.86. The Balaban J connectivity index is 1.52. The molecule has 1 atom stereocenters. The number of sulfonamides is 1. The number of hydrogen-bond acceptors (Lipinski definition) is 5. The minimum atomic E-state index is -3.57. The molecule has 31 heavy (non-hydrogen) atoms. The molecule has 7 heteroatoms. The van der Waals surface area contributed by atoms with Gasteiger partial charge >= 0.3 is 0 Å². The molecule has 1 unspecified atom stereocenters. The molecule has 3 aromatic rings. The van der Waals surface area contributed by atoms with Crippen molar-refractivity contribution in [3.8, 4) is 11.4 Å². The van der Waals surface area contributed by atoms with Crippen LogP contribution in [0.5, 0.6) is 0 Å². The Bertz CT molecular complexity index is 1140. The molecular formula is C24H29N3O3S. The molecule has 2 aromatic carbocycles. The fourth-order valence-corrected chi connectivity index (χ4v) is 5.38. The number of nitrogens with zero attached hydrogens (tertiary/aromatic N) is 3. The number of benzene rings is 2. The molecule has 1 aliphatic heterocycles. The van der Waals surface area contributed by atoms with E-state index >= 15 is 0 Å². The van der Waals surface area contributed by atoms with Gasteiger partial charge in [-0.25, -0.2) is 8.42 Å². The lowest BCUT2D eigenvalue weighted by atomic mass is 9.87. The van der Waals surface area contributed by atoms with Gasteiger partial charge in [-0.2, -0.15) is 9.29 Å². The van der Waals surface area contributed by atoms with Gasteiger partial charge in [0.1, 0.15) is 0 Å². The minimum absolute atomic E-state index is 0.0222. The van der Waals surface area contributed by atoms with E-state index in [0.29, 0.717) is 29.7 Å². The second kappa shape index (κ2) is 8.20. The monoisotopic (exact) mass is 439 g/mol. The van der Waals surface area contributed by atoms with Crippen molar-refractivity contribution < 1.29 is 12.9 Å². The van der Waals surface area contributed by atoms with Crippen LogP contribution in [0.2, 0.25) is 0 Å². The maximum Gasteiger partial charge on any atom is 0.243 e. The maximum atomic E-state index is 13.2. The van der Waals surface area contributed by atoms with Crippen molar-refractivity contribution in [2.75, 3.05) is 13.1 Å². The van der Waals surface area contributed by atoms with E-state index in [2.05, 4.69) is 30.9 Å². The molecule has 1 aliphatic rings. The highest BCUT2D eigenvalue weighted by molar-refractivity contribution is 7.89.